The number of methoxy groups -OCH3 is 1. The normalized spacial score (nSPS) is 12.3. The van der Waals surface area contributed by atoms with Crippen molar-refractivity contribution in [2.75, 3.05) is 27.7 Å². The minimum Gasteiger partial charge on any atom is -0.497 e. The molecule has 0 saturated carbocycles. The molecule has 1 atom stereocenters. The molecule has 0 aliphatic carbocycles. The molecule has 32 heavy (non-hydrogen) atoms. The largest absolute Gasteiger partial charge is 0.497 e. The second-order valence-corrected chi connectivity index (χ2v) is 9.60. The van der Waals surface area contributed by atoms with Crippen LogP contribution in [0, 0.1) is 0 Å². The molecular formula is C22H28ClN3O5S. The highest BCUT2D eigenvalue weighted by Crippen LogP contribution is 2.19. The van der Waals surface area contributed by atoms with Gasteiger partial charge in [-0.3, -0.25) is 9.59 Å². The molecule has 0 fully saturated rings. The molecule has 1 N–H and O–H groups in total. The Morgan fingerprint density at radius 1 is 1.09 bits per heavy atom. The van der Waals surface area contributed by atoms with E-state index in [2.05, 4.69) is 5.32 Å². The van der Waals surface area contributed by atoms with E-state index in [0.29, 0.717) is 17.2 Å². The van der Waals surface area contributed by atoms with Crippen LogP contribution < -0.4 is 10.1 Å². The van der Waals surface area contributed by atoms with E-state index in [1.54, 1.807) is 38.3 Å². The topological polar surface area (TPSA) is 96.0 Å². The molecule has 0 radical (unpaired) electrons. The summed E-state index contributed by atoms with van der Waals surface area (Å²) in [5.74, 6) is -0.146. The molecule has 2 aromatic carbocycles. The van der Waals surface area contributed by atoms with Crippen molar-refractivity contribution in [2.24, 2.45) is 0 Å². The summed E-state index contributed by atoms with van der Waals surface area (Å²) in [6.07, 6.45) is 0.370. The number of rotatable bonds is 10. The SMILES string of the molecule is CC[C@H](C(=O)NC)N(Cc1ccc(OC)cc1)C(=O)CN(C)S(=O)(=O)c1ccc(Cl)cc1. The summed E-state index contributed by atoms with van der Waals surface area (Å²) in [5.41, 5.74) is 0.782. The van der Waals surface area contributed by atoms with Gasteiger partial charge in [0.05, 0.1) is 18.6 Å². The molecule has 0 spiro atoms. The van der Waals surface area contributed by atoms with E-state index in [1.165, 1.54) is 43.3 Å². The number of hydrogen-bond donors (Lipinski definition) is 1. The quantitative estimate of drug-likeness (QED) is 0.562. The predicted octanol–water partition coefficient (Wildman–Crippen LogP) is 2.52. The summed E-state index contributed by atoms with van der Waals surface area (Å²) in [6.45, 7) is 1.51. The van der Waals surface area contributed by atoms with Gasteiger partial charge < -0.3 is 15.0 Å². The van der Waals surface area contributed by atoms with Crippen LogP contribution in [0.4, 0.5) is 0 Å². The Labute approximate surface area is 194 Å². The smallest absolute Gasteiger partial charge is 0.243 e. The van der Waals surface area contributed by atoms with Gasteiger partial charge in [0.15, 0.2) is 0 Å². The Morgan fingerprint density at radius 2 is 1.69 bits per heavy atom. The zero-order valence-corrected chi connectivity index (χ0v) is 20.1. The Morgan fingerprint density at radius 3 is 2.19 bits per heavy atom. The molecule has 10 heteroatoms. The summed E-state index contributed by atoms with van der Waals surface area (Å²) in [5, 5.41) is 2.98. The van der Waals surface area contributed by atoms with Gasteiger partial charge in [-0.2, -0.15) is 4.31 Å². The van der Waals surface area contributed by atoms with Gasteiger partial charge in [0.2, 0.25) is 21.8 Å². The number of carbonyl (C=O) groups is 2. The highest BCUT2D eigenvalue weighted by molar-refractivity contribution is 7.89. The van der Waals surface area contributed by atoms with Crippen LogP contribution in [-0.4, -0.2) is 63.2 Å². The van der Waals surface area contributed by atoms with Crippen LogP contribution in [0.2, 0.25) is 5.02 Å². The van der Waals surface area contributed by atoms with E-state index in [0.717, 1.165) is 9.87 Å². The molecule has 0 aromatic heterocycles. The molecule has 2 rings (SSSR count). The zero-order valence-electron chi connectivity index (χ0n) is 18.5. The van der Waals surface area contributed by atoms with Crippen LogP contribution in [0.3, 0.4) is 0 Å². The van der Waals surface area contributed by atoms with Crippen molar-refractivity contribution < 1.29 is 22.7 Å². The van der Waals surface area contributed by atoms with Crippen molar-refractivity contribution >= 4 is 33.4 Å². The Bertz CT molecular complexity index is 1030. The van der Waals surface area contributed by atoms with E-state index in [1.807, 2.05) is 0 Å². The maximum atomic E-state index is 13.2. The highest BCUT2D eigenvalue weighted by atomic mass is 35.5. The summed E-state index contributed by atoms with van der Waals surface area (Å²) >= 11 is 5.84. The fraction of sp³-hybridized carbons (Fsp3) is 0.364. The van der Waals surface area contributed by atoms with Gasteiger partial charge in [0, 0.05) is 25.7 Å². The first-order valence-corrected chi connectivity index (χ1v) is 11.8. The van der Waals surface area contributed by atoms with Crippen LogP contribution in [0.1, 0.15) is 18.9 Å². The second kappa shape index (κ2) is 11.3. The molecule has 0 aliphatic rings. The first-order chi connectivity index (χ1) is 15.1. The number of amides is 2. The van der Waals surface area contributed by atoms with Crippen LogP contribution in [0.5, 0.6) is 5.75 Å². The van der Waals surface area contributed by atoms with Gasteiger partial charge in [-0.25, -0.2) is 8.42 Å². The van der Waals surface area contributed by atoms with Gasteiger partial charge in [0.1, 0.15) is 11.8 Å². The lowest BCUT2D eigenvalue weighted by Gasteiger charge is -2.31. The van der Waals surface area contributed by atoms with Crippen molar-refractivity contribution in [1.82, 2.24) is 14.5 Å². The molecule has 8 nitrogen and oxygen atoms in total. The lowest BCUT2D eigenvalue weighted by Crippen LogP contribution is -2.51. The van der Waals surface area contributed by atoms with Crippen LogP contribution >= 0.6 is 11.6 Å². The number of benzene rings is 2. The molecule has 2 amide bonds. The van der Waals surface area contributed by atoms with Gasteiger partial charge >= 0.3 is 0 Å². The lowest BCUT2D eigenvalue weighted by molar-refractivity contribution is -0.141. The minimum absolute atomic E-state index is 0.0252. The number of ether oxygens (including phenoxy) is 1. The number of nitrogens with one attached hydrogen (secondary N) is 1. The summed E-state index contributed by atoms with van der Waals surface area (Å²) in [7, 11) is 0.468. The third kappa shape index (κ3) is 6.21. The zero-order chi connectivity index (χ0) is 23.9. The van der Waals surface area contributed by atoms with Gasteiger partial charge in [0.25, 0.3) is 0 Å². The summed E-state index contributed by atoms with van der Waals surface area (Å²) in [4.78, 5) is 27.1. The number of likely N-dealkylation sites (N-methyl/N-ethyl adjacent to an activating group) is 2. The van der Waals surface area contributed by atoms with E-state index >= 15 is 0 Å². The second-order valence-electron chi connectivity index (χ2n) is 7.12. The third-order valence-electron chi connectivity index (χ3n) is 5.02. The van der Waals surface area contributed by atoms with Crippen molar-refractivity contribution in [2.45, 2.75) is 30.8 Å². The van der Waals surface area contributed by atoms with Crippen molar-refractivity contribution in [3.05, 3.63) is 59.1 Å². The standard InChI is InChI=1S/C22H28ClN3O5S/c1-5-20(22(28)24-2)26(14-16-6-10-18(31-4)11-7-16)21(27)15-25(3)32(29,30)19-12-8-17(23)9-13-19/h6-13,20H,5,14-15H2,1-4H3,(H,24,28)/t20-/m1/s1. The highest BCUT2D eigenvalue weighted by Gasteiger charge is 2.31. The molecule has 174 valence electrons. The molecule has 0 saturated heterocycles. The van der Waals surface area contributed by atoms with Crippen LogP contribution in [0.15, 0.2) is 53.4 Å². The molecule has 0 aliphatic heterocycles. The maximum absolute atomic E-state index is 13.2. The lowest BCUT2D eigenvalue weighted by atomic mass is 10.1. The van der Waals surface area contributed by atoms with E-state index in [4.69, 9.17) is 16.3 Å². The number of carbonyl (C=O) groups excluding carboxylic acids is 2. The maximum Gasteiger partial charge on any atom is 0.243 e. The van der Waals surface area contributed by atoms with Crippen molar-refractivity contribution in [3.8, 4) is 5.75 Å². The van der Waals surface area contributed by atoms with E-state index in [-0.39, 0.29) is 17.3 Å². The van der Waals surface area contributed by atoms with Gasteiger partial charge in [-0.05, 0) is 48.4 Å². The summed E-state index contributed by atoms with van der Waals surface area (Å²) in [6, 6.07) is 12.1. The number of sulfonamides is 1. The van der Waals surface area contributed by atoms with Crippen molar-refractivity contribution in [1.29, 1.82) is 0 Å². The number of halogens is 1. The van der Waals surface area contributed by atoms with Crippen LogP contribution in [-0.2, 0) is 26.2 Å². The molecule has 2 aromatic rings. The molecule has 0 bridgehead atoms. The average Bonchev–Trinajstić information content (AvgIpc) is 2.79. The summed E-state index contributed by atoms with van der Waals surface area (Å²) < 4.78 is 31.9. The predicted molar refractivity (Wildman–Crippen MR) is 123 cm³/mol. The molecule has 0 unspecified atom stereocenters. The number of hydrogen-bond acceptors (Lipinski definition) is 5. The Hall–Kier alpha value is -2.62. The molecule has 0 heterocycles. The minimum atomic E-state index is -3.91. The van der Waals surface area contributed by atoms with E-state index in [9.17, 15) is 18.0 Å². The van der Waals surface area contributed by atoms with E-state index < -0.39 is 28.5 Å². The van der Waals surface area contributed by atoms with Gasteiger partial charge in [-0.15, -0.1) is 0 Å². The fourth-order valence-corrected chi connectivity index (χ4v) is 4.41. The first kappa shape index (κ1) is 25.6. The van der Waals surface area contributed by atoms with Gasteiger partial charge in [-0.1, -0.05) is 30.7 Å². The van der Waals surface area contributed by atoms with Crippen molar-refractivity contribution in [3.63, 3.8) is 0 Å². The molecular weight excluding hydrogens is 454 g/mol. The fourth-order valence-electron chi connectivity index (χ4n) is 3.17. The number of nitrogens with zero attached hydrogens (tertiary/aromatic N) is 2. The monoisotopic (exact) mass is 481 g/mol. The average molecular weight is 482 g/mol. The van der Waals surface area contributed by atoms with Crippen LogP contribution in [0.25, 0.3) is 0 Å². The third-order valence-corrected chi connectivity index (χ3v) is 7.09. The first-order valence-electron chi connectivity index (χ1n) is 9.99. The Kier molecular flexibility index (Phi) is 9.06. The Balaban J connectivity index is 2.29.